The summed E-state index contributed by atoms with van der Waals surface area (Å²) < 4.78 is 6.74. The number of aromatic nitrogens is 4. The molecule has 0 unspecified atom stereocenters. The summed E-state index contributed by atoms with van der Waals surface area (Å²) in [4.78, 5) is 30.1. The van der Waals surface area contributed by atoms with Crippen LogP contribution in [0.4, 0.5) is 5.82 Å². The zero-order chi connectivity index (χ0) is 23.8. The van der Waals surface area contributed by atoms with Gasteiger partial charge in [0.2, 0.25) is 5.91 Å². The highest BCUT2D eigenvalue weighted by molar-refractivity contribution is 7.19. The summed E-state index contributed by atoms with van der Waals surface area (Å²) in [5, 5.41) is 8.29. The van der Waals surface area contributed by atoms with Crippen molar-refractivity contribution in [3.05, 3.63) is 35.3 Å². The lowest BCUT2D eigenvalue weighted by molar-refractivity contribution is -0.132. The number of aromatic amines is 1. The molecule has 9 nitrogen and oxygen atoms in total. The van der Waals surface area contributed by atoms with Gasteiger partial charge in [0.1, 0.15) is 0 Å². The molecule has 0 radical (unpaired) electrons. The van der Waals surface area contributed by atoms with Gasteiger partial charge in [0.15, 0.2) is 11.6 Å². The third-order valence-corrected chi connectivity index (χ3v) is 7.95. The van der Waals surface area contributed by atoms with Crippen LogP contribution in [0.2, 0.25) is 0 Å². The van der Waals surface area contributed by atoms with Gasteiger partial charge in [0.25, 0.3) is 0 Å². The number of thiophene rings is 1. The van der Waals surface area contributed by atoms with Gasteiger partial charge in [-0.15, -0.1) is 11.3 Å². The van der Waals surface area contributed by atoms with Crippen molar-refractivity contribution in [3.8, 4) is 11.4 Å². The van der Waals surface area contributed by atoms with Crippen molar-refractivity contribution in [2.45, 2.75) is 19.9 Å². The summed E-state index contributed by atoms with van der Waals surface area (Å²) in [6, 6.07) is 8.31. The summed E-state index contributed by atoms with van der Waals surface area (Å²) >= 11 is 1.78. The average Bonchev–Trinajstić information content (AvgIpc) is 3.55. The predicted octanol–water partition coefficient (Wildman–Crippen LogP) is 3.13. The molecule has 182 valence electrons. The number of ether oxygens (including phenoxy) is 1. The molecule has 1 N–H and O–H groups in total. The first kappa shape index (κ1) is 22.4. The second-order valence-corrected chi connectivity index (χ2v) is 10.2. The molecule has 10 heteroatoms. The summed E-state index contributed by atoms with van der Waals surface area (Å²) in [5.74, 6) is 1.96. The summed E-state index contributed by atoms with van der Waals surface area (Å²) in [6.07, 6.45) is 2.42. The molecule has 0 atom stereocenters. The molecule has 2 fully saturated rings. The topological polar surface area (TPSA) is 90.5 Å². The molecule has 2 aliphatic rings. The molecule has 2 aliphatic heterocycles. The van der Waals surface area contributed by atoms with E-state index in [9.17, 15) is 4.79 Å². The van der Waals surface area contributed by atoms with E-state index in [1.807, 2.05) is 30.2 Å². The lowest BCUT2D eigenvalue weighted by Gasteiger charge is -2.34. The molecule has 35 heavy (non-hydrogen) atoms. The normalized spacial score (nSPS) is 17.5. The molecule has 0 bridgehead atoms. The molecular formula is C25H29N7O2S. The number of morpholine rings is 1. The Hall–Kier alpha value is -3.08. The van der Waals surface area contributed by atoms with Crippen LogP contribution in [0.3, 0.4) is 0 Å². The Labute approximate surface area is 207 Å². The lowest BCUT2D eigenvalue weighted by atomic mass is 10.1. The standard InChI is InChI=1S/C25H29N7O2S/c1-2-22(33)31-8-6-30(7-9-31)16-17-14-21-23(35-17)25(32-10-12-34-13-11-32)28-24(27-21)18-4-3-5-20-19(18)15-26-29-20/h3-5,14-15H,2,6-13,16H2,1H3,(H,26,29). The van der Waals surface area contributed by atoms with Crippen molar-refractivity contribution < 1.29 is 9.53 Å². The SMILES string of the molecule is CCC(=O)N1CCN(Cc2cc3nc(-c4cccc5[nH]ncc45)nc(N4CCOCC4)c3s2)CC1. The first-order chi connectivity index (χ1) is 17.2. The van der Waals surface area contributed by atoms with Gasteiger partial charge in [-0.3, -0.25) is 14.8 Å². The fraction of sp³-hybridized carbons (Fsp3) is 0.440. The number of nitrogens with zero attached hydrogens (tertiary/aromatic N) is 6. The minimum atomic E-state index is 0.247. The Balaban J connectivity index is 1.34. The number of hydrogen-bond donors (Lipinski definition) is 1. The predicted molar refractivity (Wildman–Crippen MR) is 138 cm³/mol. The van der Waals surface area contributed by atoms with Gasteiger partial charge >= 0.3 is 0 Å². The van der Waals surface area contributed by atoms with Crippen LogP contribution in [-0.4, -0.2) is 88.4 Å². The third kappa shape index (κ3) is 4.37. The van der Waals surface area contributed by atoms with Crippen LogP contribution in [0, 0.1) is 0 Å². The van der Waals surface area contributed by atoms with E-state index >= 15 is 0 Å². The van der Waals surface area contributed by atoms with Gasteiger partial charge in [-0.05, 0) is 12.1 Å². The van der Waals surface area contributed by atoms with Crippen molar-refractivity contribution in [2.75, 3.05) is 57.4 Å². The molecule has 1 amide bonds. The van der Waals surface area contributed by atoms with E-state index in [1.54, 1.807) is 11.3 Å². The zero-order valence-corrected chi connectivity index (χ0v) is 20.7. The number of benzene rings is 1. The Kier molecular flexibility index (Phi) is 6.09. The van der Waals surface area contributed by atoms with E-state index in [0.717, 1.165) is 84.1 Å². The minimum absolute atomic E-state index is 0.247. The second-order valence-electron chi connectivity index (χ2n) is 9.04. The van der Waals surface area contributed by atoms with E-state index in [1.165, 1.54) is 4.88 Å². The number of amides is 1. The molecule has 1 aromatic carbocycles. The van der Waals surface area contributed by atoms with Gasteiger partial charge in [0, 0.05) is 68.1 Å². The minimum Gasteiger partial charge on any atom is -0.378 e. The molecule has 5 heterocycles. The van der Waals surface area contributed by atoms with E-state index in [-0.39, 0.29) is 5.91 Å². The van der Waals surface area contributed by atoms with Crippen LogP contribution in [0.1, 0.15) is 18.2 Å². The highest BCUT2D eigenvalue weighted by Crippen LogP contribution is 2.36. The maximum Gasteiger partial charge on any atom is 0.222 e. The van der Waals surface area contributed by atoms with E-state index in [0.29, 0.717) is 19.6 Å². The quantitative estimate of drug-likeness (QED) is 0.459. The first-order valence-corrected chi connectivity index (χ1v) is 13.1. The highest BCUT2D eigenvalue weighted by Gasteiger charge is 2.23. The van der Waals surface area contributed by atoms with Gasteiger partial charge in [-0.2, -0.15) is 5.10 Å². The smallest absolute Gasteiger partial charge is 0.222 e. The number of rotatable bonds is 5. The van der Waals surface area contributed by atoms with E-state index < -0.39 is 0 Å². The van der Waals surface area contributed by atoms with E-state index in [4.69, 9.17) is 14.7 Å². The Morgan fingerprint density at radius 3 is 2.74 bits per heavy atom. The van der Waals surface area contributed by atoms with Crippen molar-refractivity contribution in [3.63, 3.8) is 0 Å². The highest BCUT2D eigenvalue weighted by atomic mass is 32.1. The maximum absolute atomic E-state index is 12.0. The number of H-pyrrole nitrogens is 1. The third-order valence-electron chi connectivity index (χ3n) is 6.85. The van der Waals surface area contributed by atoms with Crippen LogP contribution in [0.25, 0.3) is 32.5 Å². The van der Waals surface area contributed by atoms with Crippen molar-refractivity contribution in [2.24, 2.45) is 0 Å². The fourth-order valence-corrected chi connectivity index (χ4v) is 6.07. The molecule has 4 aromatic rings. The van der Waals surface area contributed by atoms with Crippen LogP contribution in [0.5, 0.6) is 0 Å². The molecule has 0 aliphatic carbocycles. The number of hydrogen-bond acceptors (Lipinski definition) is 8. The molecule has 3 aromatic heterocycles. The maximum atomic E-state index is 12.0. The number of carbonyl (C=O) groups is 1. The van der Waals surface area contributed by atoms with Crippen molar-refractivity contribution in [1.29, 1.82) is 0 Å². The van der Waals surface area contributed by atoms with Crippen LogP contribution in [0.15, 0.2) is 30.5 Å². The van der Waals surface area contributed by atoms with Crippen LogP contribution < -0.4 is 4.90 Å². The number of piperazine rings is 1. The summed E-state index contributed by atoms with van der Waals surface area (Å²) in [7, 11) is 0. The average molecular weight is 492 g/mol. The molecule has 6 rings (SSSR count). The lowest BCUT2D eigenvalue weighted by Crippen LogP contribution is -2.48. The zero-order valence-electron chi connectivity index (χ0n) is 19.9. The molecule has 2 saturated heterocycles. The summed E-state index contributed by atoms with van der Waals surface area (Å²) in [6.45, 7) is 9.25. The largest absolute Gasteiger partial charge is 0.378 e. The Morgan fingerprint density at radius 2 is 1.94 bits per heavy atom. The van der Waals surface area contributed by atoms with Crippen molar-refractivity contribution in [1.82, 2.24) is 30.0 Å². The number of anilines is 1. The number of fused-ring (bicyclic) bond motifs is 2. The first-order valence-electron chi connectivity index (χ1n) is 12.3. The molecule has 0 saturated carbocycles. The van der Waals surface area contributed by atoms with Gasteiger partial charge in [0.05, 0.1) is 35.1 Å². The van der Waals surface area contributed by atoms with Crippen LogP contribution >= 0.6 is 11.3 Å². The fourth-order valence-electron chi connectivity index (χ4n) is 4.91. The number of nitrogens with one attached hydrogen (secondary N) is 1. The monoisotopic (exact) mass is 491 g/mol. The Bertz CT molecular complexity index is 1350. The van der Waals surface area contributed by atoms with Gasteiger partial charge < -0.3 is 14.5 Å². The van der Waals surface area contributed by atoms with Gasteiger partial charge in [-0.1, -0.05) is 19.1 Å². The number of carbonyl (C=O) groups excluding carboxylic acids is 1. The summed E-state index contributed by atoms with van der Waals surface area (Å²) in [5.41, 5.74) is 2.94. The van der Waals surface area contributed by atoms with Crippen LogP contribution in [-0.2, 0) is 16.1 Å². The second kappa shape index (κ2) is 9.52. The van der Waals surface area contributed by atoms with Crippen molar-refractivity contribution >= 4 is 44.2 Å². The molecular weight excluding hydrogens is 462 g/mol. The Morgan fingerprint density at radius 1 is 1.11 bits per heavy atom. The molecule has 0 spiro atoms. The van der Waals surface area contributed by atoms with Gasteiger partial charge in [-0.25, -0.2) is 9.97 Å². The van der Waals surface area contributed by atoms with E-state index in [2.05, 4.69) is 32.1 Å².